The summed E-state index contributed by atoms with van der Waals surface area (Å²) in [6, 6.07) is 4.94. The highest BCUT2D eigenvalue weighted by Gasteiger charge is 2.31. The van der Waals surface area contributed by atoms with Crippen molar-refractivity contribution in [2.24, 2.45) is 0 Å². The van der Waals surface area contributed by atoms with E-state index >= 15 is 0 Å². The van der Waals surface area contributed by atoms with E-state index in [1.807, 2.05) is 17.9 Å². The monoisotopic (exact) mass is 264 g/mol. The molecule has 0 radical (unpaired) electrons. The van der Waals surface area contributed by atoms with Gasteiger partial charge in [0.2, 0.25) is 0 Å². The van der Waals surface area contributed by atoms with Crippen molar-refractivity contribution in [3.8, 4) is 6.07 Å². The second-order valence-electron chi connectivity index (χ2n) is 4.24. The molecule has 1 aliphatic heterocycles. The average molecular weight is 265 g/mol. The lowest BCUT2D eigenvalue weighted by atomic mass is 10.1. The van der Waals surface area contributed by atoms with E-state index in [1.165, 1.54) is 0 Å². The summed E-state index contributed by atoms with van der Waals surface area (Å²) in [5.41, 5.74) is 2.17. The Morgan fingerprint density at radius 3 is 2.94 bits per heavy atom. The zero-order valence-electron chi connectivity index (χ0n) is 9.98. The van der Waals surface area contributed by atoms with Crippen molar-refractivity contribution in [3.63, 3.8) is 0 Å². The van der Waals surface area contributed by atoms with E-state index in [-0.39, 0.29) is 0 Å². The highest BCUT2D eigenvalue weighted by atomic mass is 35.5. The van der Waals surface area contributed by atoms with Crippen molar-refractivity contribution in [2.75, 3.05) is 11.4 Å². The van der Waals surface area contributed by atoms with Crippen molar-refractivity contribution in [1.29, 1.82) is 5.26 Å². The summed E-state index contributed by atoms with van der Waals surface area (Å²) in [6.07, 6.45) is 1.22. The van der Waals surface area contributed by atoms with Crippen LogP contribution in [0.2, 0.25) is 5.02 Å². The van der Waals surface area contributed by atoms with E-state index in [9.17, 15) is 9.90 Å². The molecule has 0 aliphatic carbocycles. The molecule has 1 aromatic rings. The SMILES string of the molecule is CCC(C(=O)O)N1CCc2c1ccc(C#N)c2Cl. The van der Waals surface area contributed by atoms with Crippen LogP contribution in [0, 0.1) is 11.3 Å². The van der Waals surface area contributed by atoms with Crippen molar-refractivity contribution in [3.05, 3.63) is 28.3 Å². The van der Waals surface area contributed by atoms with Crippen LogP contribution in [0.3, 0.4) is 0 Å². The summed E-state index contributed by atoms with van der Waals surface area (Å²) >= 11 is 6.15. The maximum Gasteiger partial charge on any atom is 0.326 e. The van der Waals surface area contributed by atoms with Crippen LogP contribution in [0.4, 0.5) is 5.69 Å². The number of fused-ring (bicyclic) bond motifs is 1. The van der Waals surface area contributed by atoms with Crippen LogP contribution in [0.25, 0.3) is 0 Å². The van der Waals surface area contributed by atoms with E-state index in [0.717, 1.165) is 11.3 Å². The minimum absolute atomic E-state index is 0.445. The standard InChI is InChI=1S/C13H13ClN2O2/c1-2-10(13(17)18)16-6-5-9-11(16)4-3-8(7-15)12(9)14/h3-4,10H,2,5-6H2,1H3,(H,17,18). The fourth-order valence-electron chi connectivity index (χ4n) is 2.41. The molecule has 0 saturated carbocycles. The predicted octanol–water partition coefficient (Wildman–Crippen LogP) is 2.44. The Bertz CT molecular complexity index is 537. The first-order valence-corrected chi connectivity index (χ1v) is 6.18. The number of rotatable bonds is 3. The van der Waals surface area contributed by atoms with Gasteiger partial charge in [-0.15, -0.1) is 0 Å². The zero-order valence-corrected chi connectivity index (χ0v) is 10.7. The van der Waals surface area contributed by atoms with Gasteiger partial charge in [-0.3, -0.25) is 0 Å². The Hall–Kier alpha value is -1.73. The number of aliphatic carboxylic acids is 1. The van der Waals surface area contributed by atoms with Gasteiger partial charge in [0.15, 0.2) is 0 Å². The van der Waals surface area contributed by atoms with Gasteiger partial charge in [0.25, 0.3) is 0 Å². The van der Waals surface area contributed by atoms with Gasteiger partial charge in [0.1, 0.15) is 12.1 Å². The molecular weight excluding hydrogens is 252 g/mol. The van der Waals surface area contributed by atoms with Gasteiger partial charge in [-0.05, 0) is 30.5 Å². The molecule has 0 aromatic heterocycles. The van der Waals surface area contributed by atoms with E-state index in [1.54, 1.807) is 12.1 Å². The van der Waals surface area contributed by atoms with Crippen LogP contribution in [0.1, 0.15) is 24.5 Å². The van der Waals surface area contributed by atoms with Gasteiger partial charge >= 0.3 is 5.97 Å². The lowest BCUT2D eigenvalue weighted by molar-refractivity contribution is -0.138. The molecular formula is C13H13ClN2O2. The van der Waals surface area contributed by atoms with Crippen LogP contribution >= 0.6 is 11.6 Å². The van der Waals surface area contributed by atoms with Crippen LogP contribution in [0.15, 0.2) is 12.1 Å². The summed E-state index contributed by atoms with van der Waals surface area (Å²) in [6.45, 7) is 2.48. The Morgan fingerprint density at radius 1 is 1.67 bits per heavy atom. The first-order valence-electron chi connectivity index (χ1n) is 5.81. The maximum absolute atomic E-state index is 11.2. The largest absolute Gasteiger partial charge is 0.480 e. The third-order valence-electron chi connectivity index (χ3n) is 3.30. The molecule has 4 nitrogen and oxygen atoms in total. The fraction of sp³-hybridized carbons (Fsp3) is 0.385. The molecule has 0 bridgehead atoms. The highest BCUT2D eigenvalue weighted by Crippen LogP contribution is 2.37. The molecule has 1 heterocycles. The molecule has 18 heavy (non-hydrogen) atoms. The molecule has 2 rings (SSSR count). The van der Waals surface area contributed by atoms with Gasteiger partial charge in [0.05, 0.1) is 10.6 Å². The van der Waals surface area contributed by atoms with Crippen LogP contribution in [-0.4, -0.2) is 23.7 Å². The Morgan fingerprint density at radius 2 is 2.39 bits per heavy atom. The quantitative estimate of drug-likeness (QED) is 0.911. The van der Waals surface area contributed by atoms with Gasteiger partial charge < -0.3 is 10.0 Å². The molecule has 1 N–H and O–H groups in total. The van der Waals surface area contributed by atoms with Crippen molar-refractivity contribution < 1.29 is 9.90 Å². The van der Waals surface area contributed by atoms with Crippen molar-refractivity contribution >= 4 is 23.3 Å². The number of carboxylic acids is 1. The molecule has 94 valence electrons. The Labute approximate surface area is 110 Å². The number of carbonyl (C=O) groups is 1. The number of nitriles is 1. The summed E-state index contributed by atoms with van der Waals surface area (Å²) in [5.74, 6) is -0.828. The topological polar surface area (TPSA) is 64.3 Å². The predicted molar refractivity (Wildman–Crippen MR) is 68.9 cm³/mol. The van der Waals surface area contributed by atoms with Gasteiger partial charge in [-0.1, -0.05) is 18.5 Å². The number of halogens is 1. The first kappa shape index (κ1) is 12.7. The highest BCUT2D eigenvalue weighted by molar-refractivity contribution is 6.33. The number of hydrogen-bond acceptors (Lipinski definition) is 3. The zero-order chi connectivity index (χ0) is 13.3. The average Bonchev–Trinajstić information content (AvgIpc) is 2.75. The molecule has 1 atom stereocenters. The van der Waals surface area contributed by atoms with Crippen molar-refractivity contribution in [1.82, 2.24) is 0 Å². The fourth-order valence-corrected chi connectivity index (χ4v) is 2.71. The molecule has 0 spiro atoms. The van der Waals surface area contributed by atoms with Crippen LogP contribution in [0.5, 0.6) is 0 Å². The molecule has 1 unspecified atom stereocenters. The Kier molecular flexibility index (Phi) is 3.44. The summed E-state index contributed by atoms with van der Waals surface area (Å²) in [4.78, 5) is 13.1. The normalized spacial score (nSPS) is 15.1. The van der Waals surface area contributed by atoms with E-state index in [4.69, 9.17) is 16.9 Å². The lowest BCUT2D eigenvalue weighted by Gasteiger charge is -2.26. The third-order valence-corrected chi connectivity index (χ3v) is 3.73. The number of carboxylic acid groups (broad SMARTS) is 1. The van der Waals surface area contributed by atoms with Gasteiger partial charge in [-0.2, -0.15) is 5.26 Å². The number of benzene rings is 1. The van der Waals surface area contributed by atoms with E-state index < -0.39 is 12.0 Å². The smallest absolute Gasteiger partial charge is 0.326 e. The molecule has 0 saturated heterocycles. The molecule has 1 aliphatic rings. The second kappa shape index (κ2) is 4.87. The van der Waals surface area contributed by atoms with Crippen LogP contribution < -0.4 is 4.90 Å². The molecule has 0 amide bonds. The van der Waals surface area contributed by atoms with Gasteiger partial charge in [-0.25, -0.2) is 4.79 Å². The maximum atomic E-state index is 11.2. The van der Waals surface area contributed by atoms with Crippen molar-refractivity contribution in [2.45, 2.75) is 25.8 Å². The van der Waals surface area contributed by atoms with Crippen LogP contribution in [-0.2, 0) is 11.2 Å². The minimum atomic E-state index is -0.828. The number of nitrogens with zero attached hydrogens (tertiary/aromatic N) is 2. The number of anilines is 1. The van der Waals surface area contributed by atoms with E-state index in [0.29, 0.717) is 30.0 Å². The molecule has 1 aromatic carbocycles. The minimum Gasteiger partial charge on any atom is -0.480 e. The molecule has 0 fully saturated rings. The first-order chi connectivity index (χ1) is 8.60. The summed E-state index contributed by atoms with van der Waals surface area (Å²) < 4.78 is 0. The lowest BCUT2D eigenvalue weighted by Crippen LogP contribution is -2.39. The van der Waals surface area contributed by atoms with Gasteiger partial charge in [0, 0.05) is 12.2 Å². The Balaban J connectivity index is 2.44. The summed E-state index contributed by atoms with van der Waals surface area (Å²) in [7, 11) is 0. The summed E-state index contributed by atoms with van der Waals surface area (Å²) in [5, 5.41) is 18.6. The second-order valence-corrected chi connectivity index (χ2v) is 4.62. The molecule has 5 heteroatoms. The third kappa shape index (κ3) is 1.91. The number of hydrogen-bond donors (Lipinski definition) is 1. The van der Waals surface area contributed by atoms with E-state index in [2.05, 4.69) is 0 Å².